The Morgan fingerprint density at radius 2 is 1.85 bits per heavy atom. The molecule has 0 radical (unpaired) electrons. The lowest BCUT2D eigenvalue weighted by Gasteiger charge is -2.18. The minimum atomic E-state index is -0.572. The van der Waals surface area contributed by atoms with Gasteiger partial charge in [0.15, 0.2) is 0 Å². The van der Waals surface area contributed by atoms with Crippen molar-refractivity contribution in [1.82, 2.24) is 4.73 Å². The third-order valence-corrected chi connectivity index (χ3v) is 3.80. The number of benzene rings is 2. The number of aromatic nitrogens is 2. The normalized spacial score (nSPS) is 10.7. The third-order valence-electron chi connectivity index (χ3n) is 3.80. The Bertz CT molecular complexity index is 1070. The molecule has 3 aromatic rings. The first-order chi connectivity index (χ1) is 12.4. The molecule has 1 heterocycles. The van der Waals surface area contributed by atoms with Crippen molar-refractivity contribution in [2.75, 3.05) is 0 Å². The number of carbonyl (C=O) groups excluding carboxylic acids is 1. The van der Waals surface area contributed by atoms with Crippen molar-refractivity contribution in [1.29, 1.82) is 0 Å². The Balaban J connectivity index is 2.02. The molecule has 9 nitrogen and oxygen atoms in total. The molecule has 0 amide bonds. The zero-order valence-electron chi connectivity index (χ0n) is 13.6. The van der Waals surface area contributed by atoms with Crippen LogP contribution in [-0.2, 0) is 6.61 Å². The van der Waals surface area contributed by atoms with Crippen LogP contribution in [0.2, 0.25) is 0 Å². The lowest BCUT2D eigenvalue weighted by atomic mass is 10.2. The second kappa shape index (κ2) is 6.63. The zero-order valence-corrected chi connectivity index (χ0v) is 13.6. The van der Waals surface area contributed by atoms with Crippen molar-refractivity contribution in [3.8, 4) is 5.75 Å². The highest BCUT2D eigenvalue weighted by Gasteiger charge is 2.26. The van der Waals surface area contributed by atoms with E-state index in [0.29, 0.717) is 9.16 Å². The van der Waals surface area contributed by atoms with E-state index in [9.17, 15) is 25.0 Å². The number of hydrogen-bond donors (Lipinski definition) is 0. The Labute approximate surface area is 146 Å². The third kappa shape index (κ3) is 2.97. The Morgan fingerprint density at radius 1 is 1.19 bits per heavy atom. The SMILES string of the molecule is CC(=O)c1c(COc2ccc([N+](=O)[O-])cc2)n([O-])c2ccccc2[n+]1=O. The molecule has 1 aromatic heterocycles. The second-order valence-corrected chi connectivity index (χ2v) is 5.47. The van der Waals surface area contributed by atoms with Gasteiger partial charge in [0, 0.05) is 30.0 Å². The minimum absolute atomic E-state index is 0.0757. The van der Waals surface area contributed by atoms with Gasteiger partial charge < -0.3 is 14.7 Å². The second-order valence-electron chi connectivity index (χ2n) is 5.47. The lowest BCUT2D eigenvalue weighted by Crippen LogP contribution is -2.31. The van der Waals surface area contributed by atoms with Gasteiger partial charge in [-0.2, -0.15) is 0 Å². The number of non-ortho nitro benzene ring substituents is 1. The number of Topliss-reactive ketones (excluding diaryl/α,β-unsaturated/α-hetero) is 1. The maximum atomic E-state index is 12.6. The zero-order chi connectivity index (χ0) is 18.8. The molecule has 0 unspecified atom stereocenters. The lowest BCUT2D eigenvalue weighted by molar-refractivity contribution is -0.468. The molecule has 0 aliphatic heterocycles. The average Bonchev–Trinajstić information content (AvgIpc) is 2.63. The molecule has 9 heteroatoms. The molecule has 0 saturated heterocycles. The Kier molecular flexibility index (Phi) is 4.36. The number of carbonyl (C=O) groups is 1. The highest BCUT2D eigenvalue weighted by atomic mass is 16.6. The number of rotatable bonds is 5. The summed E-state index contributed by atoms with van der Waals surface area (Å²) in [5.74, 6) is -0.312. The fraction of sp³-hybridized carbons (Fsp3) is 0.118. The van der Waals surface area contributed by atoms with Crippen molar-refractivity contribution in [3.05, 3.63) is 80.1 Å². The quantitative estimate of drug-likeness (QED) is 0.300. The number of fused-ring (bicyclic) bond motifs is 1. The van der Waals surface area contributed by atoms with E-state index in [0.717, 1.165) is 0 Å². The molecule has 0 saturated carbocycles. The number of para-hydroxylation sites is 2. The summed E-state index contributed by atoms with van der Waals surface area (Å²) in [5, 5.41) is 23.3. The van der Waals surface area contributed by atoms with E-state index >= 15 is 0 Å². The van der Waals surface area contributed by atoms with E-state index in [4.69, 9.17) is 4.74 Å². The summed E-state index contributed by atoms with van der Waals surface area (Å²) in [7, 11) is 0. The number of hydrogen-bond acceptors (Lipinski definition) is 6. The number of ether oxygens (including phenoxy) is 1. The summed E-state index contributed by atoms with van der Waals surface area (Å²) < 4.78 is 6.36. The van der Waals surface area contributed by atoms with Crippen LogP contribution in [0.5, 0.6) is 5.75 Å². The van der Waals surface area contributed by atoms with Crippen molar-refractivity contribution < 1.29 is 18.9 Å². The molecule has 0 aliphatic rings. The van der Waals surface area contributed by atoms with E-state index in [1.54, 1.807) is 12.1 Å². The molecule has 0 N–H and O–H groups in total. The highest BCUT2D eigenvalue weighted by Crippen LogP contribution is 2.20. The predicted molar refractivity (Wildman–Crippen MR) is 91.5 cm³/mol. The van der Waals surface area contributed by atoms with E-state index in [2.05, 4.69) is 0 Å². The standard InChI is InChI=1S/C17H13N3O6/c1-11(21)17-16(10-26-13-8-6-12(7-9-13)20(24)25)18(22)14-4-2-3-5-15(14)19(17)23/h2-9H,10H2,1H3. The van der Waals surface area contributed by atoms with Crippen LogP contribution in [0.25, 0.3) is 11.0 Å². The molecule has 3 rings (SSSR count). The fourth-order valence-corrected chi connectivity index (χ4v) is 2.58. The van der Waals surface area contributed by atoms with Gasteiger partial charge in [-0.1, -0.05) is 12.1 Å². The number of ketones is 1. The van der Waals surface area contributed by atoms with Gasteiger partial charge in [-0.15, -0.1) is 0 Å². The molecule has 0 aliphatic carbocycles. The maximum Gasteiger partial charge on any atom is 0.328 e. The van der Waals surface area contributed by atoms with Gasteiger partial charge >= 0.3 is 5.69 Å². The summed E-state index contributed by atoms with van der Waals surface area (Å²) in [6.07, 6.45) is 0. The molecule has 2 aromatic carbocycles. The summed E-state index contributed by atoms with van der Waals surface area (Å²) >= 11 is 0. The van der Waals surface area contributed by atoms with Gasteiger partial charge in [-0.3, -0.25) is 14.9 Å². The van der Waals surface area contributed by atoms with Crippen molar-refractivity contribution >= 4 is 22.5 Å². The van der Waals surface area contributed by atoms with Gasteiger partial charge in [0.2, 0.25) is 5.78 Å². The molecule has 0 bridgehead atoms. The first-order valence-electron chi connectivity index (χ1n) is 7.55. The van der Waals surface area contributed by atoms with Crippen molar-refractivity contribution in [2.45, 2.75) is 13.5 Å². The van der Waals surface area contributed by atoms with Crippen LogP contribution in [0.1, 0.15) is 23.1 Å². The molecular formula is C17H13N3O6. The van der Waals surface area contributed by atoms with Crippen LogP contribution < -0.4 is 9.16 Å². The molecule has 0 atom stereocenters. The first-order valence-corrected chi connectivity index (χ1v) is 7.55. The van der Waals surface area contributed by atoms with Crippen LogP contribution >= 0.6 is 0 Å². The minimum Gasteiger partial charge on any atom is -0.805 e. The van der Waals surface area contributed by atoms with E-state index in [-0.39, 0.29) is 40.5 Å². The van der Waals surface area contributed by atoms with E-state index in [1.165, 1.54) is 43.3 Å². The van der Waals surface area contributed by atoms with Gasteiger partial charge in [0.25, 0.3) is 11.2 Å². The molecule has 0 fully saturated rings. The van der Waals surface area contributed by atoms with Crippen molar-refractivity contribution in [3.63, 3.8) is 0 Å². The molecule has 0 spiro atoms. The largest absolute Gasteiger partial charge is 0.805 e. The summed E-state index contributed by atoms with van der Waals surface area (Å²) in [6, 6.07) is 11.3. The Hall–Kier alpha value is -3.75. The average molecular weight is 355 g/mol. The maximum absolute atomic E-state index is 12.6. The topological polar surface area (TPSA) is 120 Å². The number of nitro benzene ring substituents is 1. The summed E-state index contributed by atoms with van der Waals surface area (Å²) in [5.41, 5.74) is -0.365. The van der Waals surface area contributed by atoms with E-state index < -0.39 is 10.7 Å². The first kappa shape index (κ1) is 17.1. The van der Waals surface area contributed by atoms with Gasteiger partial charge in [-0.25, -0.2) is 0 Å². The molecular weight excluding hydrogens is 342 g/mol. The van der Waals surface area contributed by atoms with Gasteiger partial charge in [-0.05, 0) is 18.2 Å². The molecule has 26 heavy (non-hydrogen) atoms. The number of nitrogens with zero attached hydrogens (tertiary/aromatic N) is 3. The van der Waals surface area contributed by atoms with Gasteiger partial charge in [0.1, 0.15) is 23.6 Å². The molecule has 132 valence electrons. The van der Waals surface area contributed by atoms with Crippen LogP contribution in [0.15, 0.2) is 48.5 Å². The van der Waals surface area contributed by atoms with E-state index in [1.807, 2.05) is 0 Å². The van der Waals surface area contributed by atoms with Crippen LogP contribution in [0.3, 0.4) is 0 Å². The smallest absolute Gasteiger partial charge is 0.328 e. The predicted octanol–water partition coefficient (Wildman–Crippen LogP) is 2.59. The van der Waals surface area contributed by atoms with Crippen molar-refractivity contribution in [2.24, 2.45) is 0 Å². The number of nitro groups is 1. The fourth-order valence-electron chi connectivity index (χ4n) is 2.58. The summed E-state index contributed by atoms with van der Waals surface area (Å²) in [4.78, 5) is 34.5. The monoisotopic (exact) mass is 355 g/mol. The van der Waals surface area contributed by atoms with Crippen LogP contribution in [0.4, 0.5) is 5.69 Å². The highest BCUT2D eigenvalue weighted by molar-refractivity contribution is 5.93. The van der Waals surface area contributed by atoms with Crippen LogP contribution in [-0.4, -0.2) is 15.4 Å². The Morgan fingerprint density at radius 3 is 2.46 bits per heavy atom. The van der Waals surface area contributed by atoms with Crippen LogP contribution in [0, 0.1) is 20.2 Å². The summed E-state index contributed by atoms with van der Waals surface area (Å²) in [6.45, 7) is 0.844. The van der Waals surface area contributed by atoms with Gasteiger partial charge in [0.05, 0.1) is 9.35 Å².